The molecule has 0 N–H and O–H groups in total. The maximum Gasteiger partial charge on any atom is 0.188 e. The Bertz CT molecular complexity index is 461. The third-order valence-corrected chi connectivity index (χ3v) is 3.98. The number of carbonyl (C=O) groups is 1. The van der Waals surface area contributed by atoms with Gasteiger partial charge < -0.3 is 9.47 Å². The SMILES string of the molecule is O=C(COCC1CCCO1)c1ccc2c(c1)CCC2. The Morgan fingerprint density at radius 2 is 2.16 bits per heavy atom. The summed E-state index contributed by atoms with van der Waals surface area (Å²) in [4.78, 5) is 12.1. The van der Waals surface area contributed by atoms with Crippen LogP contribution in [0.4, 0.5) is 0 Å². The first kappa shape index (κ1) is 12.8. The van der Waals surface area contributed by atoms with Gasteiger partial charge in [0.25, 0.3) is 0 Å². The van der Waals surface area contributed by atoms with E-state index in [2.05, 4.69) is 6.07 Å². The lowest BCUT2D eigenvalue weighted by atomic mass is 10.0. The zero-order valence-electron chi connectivity index (χ0n) is 11.2. The number of Topliss-reactive ketones (excluding diaryl/α,β-unsaturated/α-hetero) is 1. The number of ketones is 1. The average molecular weight is 260 g/mol. The highest BCUT2D eigenvalue weighted by Crippen LogP contribution is 2.23. The van der Waals surface area contributed by atoms with Gasteiger partial charge in [0, 0.05) is 12.2 Å². The van der Waals surface area contributed by atoms with Gasteiger partial charge in [-0.1, -0.05) is 12.1 Å². The molecule has 102 valence electrons. The van der Waals surface area contributed by atoms with Gasteiger partial charge >= 0.3 is 0 Å². The molecule has 3 rings (SSSR count). The van der Waals surface area contributed by atoms with Crippen LogP contribution in [0.2, 0.25) is 0 Å². The van der Waals surface area contributed by atoms with Gasteiger partial charge in [0.2, 0.25) is 0 Å². The zero-order chi connectivity index (χ0) is 13.1. The number of ether oxygens (including phenoxy) is 2. The fraction of sp³-hybridized carbons (Fsp3) is 0.562. The minimum atomic E-state index is 0.0766. The molecular weight excluding hydrogens is 240 g/mol. The van der Waals surface area contributed by atoms with Crippen molar-refractivity contribution in [2.24, 2.45) is 0 Å². The van der Waals surface area contributed by atoms with Crippen LogP contribution in [0.25, 0.3) is 0 Å². The largest absolute Gasteiger partial charge is 0.376 e. The van der Waals surface area contributed by atoms with E-state index in [1.807, 2.05) is 12.1 Å². The van der Waals surface area contributed by atoms with Crippen LogP contribution in [0.3, 0.4) is 0 Å². The van der Waals surface area contributed by atoms with Crippen LogP contribution in [-0.4, -0.2) is 31.7 Å². The highest BCUT2D eigenvalue weighted by atomic mass is 16.5. The third kappa shape index (κ3) is 3.04. The molecular formula is C16H20O3. The minimum Gasteiger partial charge on any atom is -0.376 e. The van der Waals surface area contributed by atoms with Gasteiger partial charge in [-0.15, -0.1) is 0 Å². The first-order chi connectivity index (χ1) is 9.33. The summed E-state index contributed by atoms with van der Waals surface area (Å²) in [6.07, 6.45) is 5.81. The molecule has 0 bridgehead atoms. The quantitative estimate of drug-likeness (QED) is 0.763. The minimum absolute atomic E-state index is 0.0766. The average Bonchev–Trinajstić information content (AvgIpc) is 3.08. The molecule has 1 fully saturated rings. The van der Waals surface area contributed by atoms with Crippen LogP contribution in [0.5, 0.6) is 0 Å². The van der Waals surface area contributed by atoms with Crippen LogP contribution >= 0.6 is 0 Å². The highest BCUT2D eigenvalue weighted by molar-refractivity contribution is 5.97. The number of benzene rings is 1. The number of rotatable bonds is 5. The Balaban J connectivity index is 1.52. The summed E-state index contributed by atoms with van der Waals surface area (Å²) in [5, 5.41) is 0. The summed E-state index contributed by atoms with van der Waals surface area (Å²) in [6.45, 7) is 1.53. The molecule has 1 aromatic rings. The molecule has 1 heterocycles. The van der Waals surface area contributed by atoms with E-state index in [0.29, 0.717) is 6.61 Å². The molecule has 0 spiro atoms. The number of hydrogen-bond acceptors (Lipinski definition) is 3. The van der Waals surface area contributed by atoms with E-state index in [9.17, 15) is 4.79 Å². The summed E-state index contributed by atoms with van der Waals surface area (Å²) < 4.78 is 10.9. The van der Waals surface area contributed by atoms with E-state index in [1.165, 1.54) is 17.5 Å². The molecule has 0 radical (unpaired) electrons. The summed E-state index contributed by atoms with van der Waals surface area (Å²) in [5.41, 5.74) is 3.52. The van der Waals surface area contributed by atoms with Crippen molar-refractivity contribution in [2.45, 2.75) is 38.2 Å². The number of hydrogen-bond donors (Lipinski definition) is 0. The lowest BCUT2D eigenvalue weighted by Gasteiger charge is -2.10. The first-order valence-corrected chi connectivity index (χ1v) is 7.17. The molecule has 0 saturated carbocycles. The molecule has 3 nitrogen and oxygen atoms in total. The van der Waals surface area contributed by atoms with Crippen molar-refractivity contribution in [1.82, 2.24) is 0 Å². The van der Waals surface area contributed by atoms with Crippen molar-refractivity contribution in [3.63, 3.8) is 0 Å². The maximum atomic E-state index is 12.1. The summed E-state index contributed by atoms with van der Waals surface area (Å²) in [5.74, 6) is 0.0766. The molecule has 1 aliphatic carbocycles. The van der Waals surface area contributed by atoms with Crippen LogP contribution in [0.1, 0.15) is 40.7 Å². The second-order valence-electron chi connectivity index (χ2n) is 5.41. The fourth-order valence-corrected chi connectivity index (χ4v) is 2.89. The van der Waals surface area contributed by atoms with Crippen molar-refractivity contribution in [3.8, 4) is 0 Å². The van der Waals surface area contributed by atoms with Crippen molar-refractivity contribution >= 4 is 5.78 Å². The molecule has 1 aliphatic heterocycles. The Morgan fingerprint density at radius 1 is 1.26 bits per heavy atom. The Labute approximate surface area is 113 Å². The Kier molecular flexibility index (Phi) is 3.95. The lowest BCUT2D eigenvalue weighted by Crippen LogP contribution is -2.18. The second kappa shape index (κ2) is 5.85. The van der Waals surface area contributed by atoms with E-state index >= 15 is 0 Å². The maximum absolute atomic E-state index is 12.1. The summed E-state index contributed by atoms with van der Waals surface area (Å²) in [7, 11) is 0. The van der Waals surface area contributed by atoms with Crippen molar-refractivity contribution in [2.75, 3.05) is 19.8 Å². The van der Waals surface area contributed by atoms with Crippen molar-refractivity contribution in [3.05, 3.63) is 34.9 Å². The molecule has 0 amide bonds. The van der Waals surface area contributed by atoms with E-state index in [0.717, 1.165) is 37.9 Å². The summed E-state index contributed by atoms with van der Waals surface area (Å²) >= 11 is 0. The van der Waals surface area contributed by atoms with Gasteiger partial charge in [0.15, 0.2) is 5.78 Å². The molecule has 1 aromatic carbocycles. The lowest BCUT2D eigenvalue weighted by molar-refractivity contribution is 0.0190. The monoisotopic (exact) mass is 260 g/mol. The Hall–Kier alpha value is -1.19. The molecule has 2 aliphatic rings. The van der Waals surface area contributed by atoms with Gasteiger partial charge in [-0.3, -0.25) is 4.79 Å². The van der Waals surface area contributed by atoms with Crippen LogP contribution in [0, 0.1) is 0 Å². The van der Waals surface area contributed by atoms with Crippen molar-refractivity contribution < 1.29 is 14.3 Å². The van der Waals surface area contributed by atoms with Gasteiger partial charge in [-0.25, -0.2) is 0 Å². The molecule has 1 unspecified atom stereocenters. The predicted octanol–water partition coefficient (Wildman–Crippen LogP) is 2.55. The van der Waals surface area contributed by atoms with E-state index in [-0.39, 0.29) is 18.5 Å². The molecule has 3 heteroatoms. The molecule has 0 aromatic heterocycles. The van der Waals surface area contributed by atoms with E-state index in [4.69, 9.17) is 9.47 Å². The number of carbonyl (C=O) groups excluding carboxylic acids is 1. The smallest absolute Gasteiger partial charge is 0.188 e. The Morgan fingerprint density at radius 3 is 3.00 bits per heavy atom. The standard InChI is InChI=1S/C16H20O3/c17-16(11-18-10-15-5-2-8-19-15)14-7-6-12-3-1-4-13(12)9-14/h6-7,9,15H,1-5,8,10-11H2. The van der Waals surface area contributed by atoms with Gasteiger partial charge in [-0.05, 0) is 49.3 Å². The van der Waals surface area contributed by atoms with Crippen LogP contribution < -0.4 is 0 Å². The van der Waals surface area contributed by atoms with Gasteiger partial charge in [0.1, 0.15) is 6.61 Å². The first-order valence-electron chi connectivity index (χ1n) is 7.17. The summed E-state index contributed by atoms with van der Waals surface area (Å²) in [6, 6.07) is 6.07. The van der Waals surface area contributed by atoms with Gasteiger partial charge in [-0.2, -0.15) is 0 Å². The van der Waals surface area contributed by atoms with Gasteiger partial charge in [0.05, 0.1) is 12.7 Å². The van der Waals surface area contributed by atoms with E-state index in [1.54, 1.807) is 0 Å². The number of aryl methyl sites for hydroxylation is 2. The third-order valence-electron chi connectivity index (χ3n) is 3.98. The normalized spacial score (nSPS) is 21.6. The zero-order valence-corrected chi connectivity index (χ0v) is 11.2. The van der Waals surface area contributed by atoms with E-state index < -0.39 is 0 Å². The highest BCUT2D eigenvalue weighted by Gasteiger charge is 2.17. The molecule has 1 saturated heterocycles. The van der Waals surface area contributed by atoms with Crippen molar-refractivity contribution in [1.29, 1.82) is 0 Å². The molecule has 1 atom stereocenters. The molecule has 19 heavy (non-hydrogen) atoms. The number of fused-ring (bicyclic) bond motifs is 1. The second-order valence-corrected chi connectivity index (χ2v) is 5.41. The van der Waals surface area contributed by atoms with Crippen LogP contribution in [-0.2, 0) is 22.3 Å². The van der Waals surface area contributed by atoms with Crippen LogP contribution in [0.15, 0.2) is 18.2 Å². The fourth-order valence-electron chi connectivity index (χ4n) is 2.89. The predicted molar refractivity (Wildman–Crippen MR) is 72.6 cm³/mol. The topological polar surface area (TPSA) is 35.5 Å².